The van der Waals surface area contributed by atoms with E-state index in [1.54, 1.807) is 0 Å². The van der Waals surface area contributed by atoms with E-state index in [-0.39, 0.29) is 11.4 Å². The fourth-order valence-corrected chi connectivity index (χ4v) is 3.39. The number of benzene rings is 1. The third-order valence-corrected chi connectivity index (χ3v) is 5.25. The molecule has 0 spiro atoms. The van der Waals surface area contributed by atoms with Crippen molar-refractivity contribution < 1.29 is 4.79 Å². The highest BCUT2D eigenvalue weighted by atomic mass is 16.2. The van der Waals surface area contributed by atoms with Crippen molar-refractivity contribution in [3.05, 3.63) is 35.4 Å². The number of carbonyl (C=O) groups excluding carboxylic acids is 1. The van der Waals surface area contributed by atoms with E-state index in [1.165, 1.54) is 0 Å². The van der Waals surface area contributed by atoms with Crippen LogP contribution in [-0.2, 0) is 15.7 Å². The molecule has 2 N–H and O–H groups in total. The number of amides is 1. The first kappa shape index (κ1) is 15.5. The second kappa shape index (κ2) is 5.36. The zero-order valence-electron chi connectivity index (χ0n) is 13.9. The van der Waals surface area contributed by atoms with Gasteiger partial charge in [-0.05, 0) is 44.9 Å². The van der Waals surface area contributed by atoms with Crippen LogP contribution in [0, 0.1) is 0 Å². The second-order valence-corrected chi connectivity index (χ2v) is 7.42. The molecule has 1 aliphatic carbocycles. The summed E-state index contributed by atoms with van der Waals surface area (Å²) in [5.74, 6) is 0.220. The van der Waals surface area contributed by atoms with Gasteiger partial charge in [0.2, 0.25) is 5.91 Å². The molecule has 2 aliphatic rings. The number of hydrogen-bond acceptors (Lipinski definition) is 3. The molecule has 0 radical (unpaired) electrons. The number of likely N-dealkylation sites (N-methyl/N-ethyl adjacent to an activating group) is 1. The van der Waals surface area contributed by atoms with Crippen molar-refractivity contribution in [2.45, 2.75) is 37.6 Å². The second-order valence-electron chi connectivity index (χ2n) is 7.42. The number of carbonyl (C=O) groups is 1. The van der Waals surface area contributed by atoms with Crippen LogP contribution in [0.2, 0.25) is 0 Å². The van der Waals surface area contributed by atoms with Gasteiger partial charge in [-0.3, -0.25) is 4.79 Å². The first-order valence-corrected chi connectivity index (χ1v) is 8.21. The van der Waals surface area contributed by atoms with Crippen molar-refractivity contribution in [1.29, 1.82) is 0 Å². The smallest absolute Gasteiger partial charge is 0.232 e. The van der Waals surface area contributed by atoms with Crippen LogP contribution in [0.3, 0.4) is 0 Å². The van der Waals surface area contributed by atoms with Gasteiger partial charge in [0.25, 0.3) is 0 Å². The highest BCUT2D eigenvalue weighted by molar-refractivity contribution is 5.88. The van der Waals surface area contributed by atoms with E-state index < -0.39 is 5.41 Å². The normalized spacial score (nSPS) is 21.7. The largest absolute Gasteiger partial charge is 0.339 e. The van der Waals surface area contributed by atoms with Crippen LogP contribution in [0.4, 0.5) is 0 Å². The van der Waals surface area contributed by atoms with E-state index in [0.717, 1.165) is 50.1 Å². The zero-order valence-corrected chi connectivity index (χ0v) is 13.9. The first-order chi connectivity index (χ1) is 10.3. The molecule has 0 aromatic heterocycles. The molecule has 2 fully saturated rings. The summed E-state index contributed by atoms with van der Waals surface area (Å²) in [6.07, 6.45) is 2.03. The molecule has 22 heavy (non-hydrogen) atoms. The minimum atomic E-state index is -0.526. The Morgan fingerprint density at radius 1 is 1.14 bits per heavy atom. The Morgan fingerprint density at radius 2 is 1.73 bits per heavy atom. The van der Waals surface area contributed by atoms with Crippen molar-refractivity contribution in [3.63, 3.8) is 0 Å². The molecular formula is C18H27N3O. The van der Waals surface area contributed by atoms with Crippen molar-refractivity contribution >= 4 is 5.91 Å². The molecule has 1 aromatic carbocycles. The number of rotatable bonds is 3. The number of piperazine rings is 1. The lowest BCUT2D eigenvalue weighted by Crippen LogP contribution is -2.52. The molecule has 3 rings (SSSR count). The SMILES string of the molecule is CN1CCN(C(=O)C(C)(C)c2ccccc2C2(N)CC2)CC1. The van der Waals surface area contributed by atoms with Crippen LogP contribution in [0.1, 0.15) is 37.8 Å². The molecule has 4 heteroatoms. The predicted octanol–water partition coefficient (Wildman–Crippen LogP) is 1.69. The average Bonchev–Trinajstić information content (AvgIpc) is 3.26. The van der Waals surface area contributed by atoms with Gasteiger partial charge < -0.3 is 15.5 Å². The van der Waals surface area contributed by atoms with E-state index in [1.807, 2.05) is 30.9 Å². The highest BCUT2D eigenvalue weighted by Crippen LogP contribution is 2.46. The summed E-state index contributed by atoms with van der Waals surface area (Å²) >= 11 is 0. The van der Waals surface area contributed by atoms with Gasteiger partial charge in [-0.2, -0.15) is 0 Å². The monoisotopic (exact) mass is 301 g/mol. The molecule has 1 saturated carbocycles. The molecule has 1 heterocycles. The van der Waals surface area contributed by atoms with Crippen molar-refractivity contribution in [3.8, 4) is 0 Å². The molecule has 0 unspecified atom stereocenters. The van der Waals surface area contributed by atoms with Gasteiger partial charge in [0.1, 0.15) is 0 Å². The standard InChI is InChI=1S/C18H27N3O/c1-17(2,16(22)21-12-10-20(3)11-13-21)14-6-4-5-7-15(14)18(19)8-9-18/h4-7H,8-13,19H2,1-3H3. The van der Waals surface area contributed by atoms with Crippen LogP contribution in [-0.4, -0.2) is 48.9 Å². The quantitative estimate of drug-likeness (QED) is 0.924. The van der Waals surface area contributed by atoms with Crippen molar-refractivity contribution in [2.75, 3.05) is 33.2 Å². The predicted molar refractivity (Wildman–Crippen MR) is 88.6 cm³/mol. The van der Waals surface area contributed by atoms with Crippen molar-refractivity contribution in [1.82, 2.24) is 9.80 Å². The molecule has 0 bridgehead atoms. The third kappa shape index (κ3) is 2.66. The molecule has 4 nitrogen and oxygen atoms in total. The minimum Gasteiger partial charge on any atom is -0.339 e. The molecule has 1 aliphatic heterocycles. The molecule has 1 amide bonds. The van der Waals surface area contributed by atoms with E-state index >= 15 is 0 Å². The van der Waals surface area contributed by atoms with E-state index in [0.29, 0.717) is 0 Å². The number of nitrogens with zero attached hydrogens (tertiary/aromatic N) is 2. The Morgan fingerprint density at radius 3 is 2.32 bits per heavy atom. The fourth-order valence-electron chi connectivity index (χ4n) is 3.39. The summed E-state index contributed by atoms with van der Waals surface area (Å²) in [6.45, 7) is 7.61. The van der Waals surface area contributed by atoms with E-state index in [9.17, 15) is 4.79 Å². The lowest BCUT2D eigenvalue weighted by molar-refractivity contribution is -0.137. The average molecular weight is 301 g/mol. The summed E-state index contributed by atoms with van der Waals surface area (Å²) < 4.78 is 0. The Balaban J connectivity index is 1.88. The van der Waals surface area contributed by atoms with Crippen LogP contribution < -0.4 is 5.73 Å². The van der Waals surface area contributed by atoms with Crippen LogP contribution in [0.25, 0.3) is 0 Å². The van der Waals surface area contributed by atoms with Crippen LogP contribution in [0.5, 0.6) is 0 Å². The Labute approximate surface area is 133 Å². The van der Waals surface area contributed by atoms with Crippen molar-refractivity contribution in [2.24, 2.45) is 5.73 Å². The summed E-state index contributed by atoms with van der Waals surface area (Å²) in [5.41, 5.74) is 7.94. The van der Waals surface area contributed by atoms with Gasteiger partial charge in [-0.25, -0.2) is 0 Å². The lowest BCUT2D eigenvalue weighted by Gasteiger charge is -2.38. The summed E-state index contributed by atoms with van der Waals surface area (Å²) in [4.78, 5) is 17.4. The number of nitrogens with two attached hydrogens (primary N) is 1. The maximum absolute atomic E-state index is 13.1. The van der Waals surface area contributed by atoms with Gasteiger partial charge >= 0.3 is 0 Å². The topological polar surface area (TPSA) is 49.6 Å². The van der Waals surface area contributed by atoms with Crippen LogP contribution >= 0.6 is 0 Å². The molecule has 120 valence electrons. The maximum atomic E-state index is 13.1. The molecule has 1 aromatic rings. The summed E-state index contributed by atoms with van der Waals surface area (Å²) in [7, 11) is 2.10. The summed E-state index contributed by atoms with van der Waals surface area (Å²) in [6, 6.07) is 8.23. The zero-order chi connectivity index (χ0) is 16.0. The van der Waals surface area contributed by atoms with Gasteiger partial charge in [0.15, 0.2) is 0 Å². The number of hydrogen-bond donors (Lipinski definition) is 1. The minimum absolute atomic E-state index is 0.212. The lowest BCUT2D eigenvalue weighted by atomic mass is 9.78. The van der Waals surface area contributed by atoms with Crippen LogP contribution in [0.15, 0.2) is 24.3 Å². The first-order valence-electron chi connectivity index (χ1n) is 8.21. The van der Waals surface area contributed by atoms with Gasteiger partial charge in [-0.15, -0.1) is 0 Å². The maximum Gasteiger partial charge on any atom is 0.232 e. The molecular weight excluding hydrogens is 274 g/mol. The Kier molecular flexibility index (Phi) is 3.77. The molecule has 0 atom stereocenters. The van der Waals surface area contributed by atoms with Gasteiger partial charge in [-0.1, -0.05) is 24.3 Å². The fraction of sp³-hybridized carbons (Fsp3) is 0.611. The third-order valence-electron chi connectivity index (χ3n) is 5.25. The van der Waals surface area contributed by atoms with Gasteiger partial charge in [0.05, 0.1) is 5.41 Å². The Hall–Kier alpha value is -1.39. The van der Waals surface area contributed by atoms with Gasteiger partial charge in [0, 0.05) is 31.7 Å². The van der Waals surface area contributed by atoms with E-state index in [4.69, 9.17) is 5.73 Å². The highest BCUT2D eigenvalue weighted by Gasteiger charge is 2.45. The summed E-state index contributed by atoms with van der Waals surface area (Å²) in [5, 5.41) is 0. The Bertz CT molecular complexity index is 569. The van der Waals surface area contributed by atoms with E-state index in [2.05, 4.69) is 24.1 Å². The molecule has 1 saturated heterocycles.